The van der Waals surface area contributed by atoms with Crippen molar-refractivity contribution >= 4 is 11.7 Å². The molecule has 0 bridgehead atoms. The number of benzene rings is 2. The van der Waals surface area contributed by atoms with Crippen LogP contribution in [0.1, 0.15) is 27.9 Å². The summed E-state index contributed by atoms with van der Waals surface area (Å²) in [5.74, 6) is -2.44. The summed E-state index contributed by atoms with van der Waals surface area (Å²) in [5.41, 5.74) is -1.11. The summed E-state index contributed by atoms with van der Waals surface area (Å²) in [6.45, 7) is -0.480. The molecule has 2 N–H and O–H groups in total. The van der Waals surface area contributed by atoms with Gasteiger partial charge in [-0.2, -0.15) is 13.2 Å². The molecular weight excluding hydrogens is 406 g/mol. The van der Waals surface area contributed by atoms with Crippen molar-refractivity contribution < 1.29 is 37.0 Å². The lowest BCUT2D eigenvalue weighted by molar-refractivity contribution is -0.137. The first-order valence-electron chi connectivity index (χ1n) is 8.67. The van der Waals surface area contributed by atoms with Crippen molar-refractivity contribution in [2.24, 2.45) is 0 Å². The van der Waals surface area contributed by atoms with Crippen LogP contribution in [-0.2, 0) is 17.6 Å². The number of carbonyl (C=O) groups is 2. The average Bonchev–Trinajstić information content (AvgIpc) is 2.67. The highest BCUT2D eigenvalue weighted by atomic mass is 19.4. The van der Waals surface area contributed by atoms with Crippen molar-refractivity contribution in [3.05, 3.63) is 82.8 Å². The van der Waals surface area contributed by atoms with E-state index >= 15 is 0 Å². The maximum Gasteiger partial charge on any atom is 0.416 e. The smallest absolute Gasteiger partial charge is 0.416 e. The van der Waals surface area contributed by atoms with Crippen LogP contribution < -0.4 is 10.1 Å². The van der Waals surface area contributed by atoms with Gasteiger partial charge in [-0.3, -0.25) is 9.59 Å². The van der Waals surface area contributed by atoms with Crippen molar-refractivity contribution in [2.75, 3.05) is 0 Å². The number of hydrogen-bond acceptors (Lipinski definition) is 4. The second kappa shape index (κ2) is 8.40. The van der Waals surface area contributed by atoms with Gasteiger partial charge < -0.3 is 15.2 Å². The van der Waals surface area contributed by atoms with Gasteiger partial charge in [0.15, 0.2) is 5.78 Å². The number of ether oxygens (including phenoxy) is 1. The summed E-state index contributed by atoms with van der Waals surface area (Å²) in [7, 11) is 0. The van der Waals surface area contributed by atoms with Crippen LogP contribution in [0.5, 0.6) is 11.5 Å². The number of phenols is 1. The summed E-state index contributed by atoms with van der Waals surface area (Å²) in [4.78, 5) is 24.0. The molecule has 0 saturated heterocycles. The summed E-state index contributed by atoms with van der Waals surface area (Å²) in [6, 6.07) is 5.35. The van der Waals surface area contributed by atoms with Gasteiger partial charge >= 0.3 is 6.18 Å². The maximum atomic E-state index is 13.4. The molecule has 0 saturated carbocycles. The molecule has 0 spiro atoms. The van der Waals surface area contributed by atoms with Gasteiger partial charge in [0.25, 0.3) is 5.91 Å². The quantitative estimate of drug-likeness (QED) is 0.707. The Hall–Kier alpha value is -3.62. The van der Waals surface area contributed by atoms with Crippen molar-refractivity contribution in [3.8, 4) is 11.5 Å². The van der Waals surface area contributed by atoms with Crippen molar-refractivity contribution in [3.63, 3.8) is 0 Å². The van der Waals surface area contributed by atoms with E-state index in [9.17, 15) is 32.3 Å². The summed E-state index contributed by atoms with van der Waals surface area (Å²) < 4.78 is 58.0. The van der Waals surface area contributed by atoms with E-state index in [0.717, 1.165) is 30.3 Å². The molecule has 0 aromatic heterocycles. The molecule has 1 aliphatic carbocycles. The van der Waals surface area contributed by atoms with Crippen molar-refractivity contribution in [2.45, 2.75) is 19.2 Å². The van der Waals surface area contributed by atoms with Crippen molar-refractivity contribution in [1.29, 1.82) is 0 Å². The van der Waals surface area contributed by atoms with Crippen LogP contribution in [0.25, 0.3) is 0 Å². The first-order valence-corrected chi connectivity index (χ1v) is 8.67. The van der Waals surface area contributed by atoms with Crippen LogP contribution in [0, 0.1) is 5.82 Å². The Kier molecular flexibility index (Phi) is 5.91. The number of alkyl halides is 3. The fraction of sp³-hybridized carbons (Fsp3) is 0.143. The largest absolute Gasteiger partial charge is 0.508 e. The van der Waals surface area contributed by atoms with Gasteiger partial charge in [0, 0.05) is 23.8 Å². The minimum Gasteiger partial charge on any atom is -0.508 e. The predicted octanol–water partition coefficient (Wildman–Crippen LogP) is 4.27. The summed E-state index contributed by atoms with van der Waals surface area (Å²) in [6.07, 6.45) is -0.267. The lowest BCUT2D eigenvalue weighted by Gasteiger charge is -2.16. The molecule has 0 unspecified atom stereocenters. The topological polar surface area (TPSA) is 75.6 Å². The Labute approximate surface area is 168 Å². The van der Waals surface area contributed by atoms with E-state index in [4.69, 9.17) is 4.74 Å². The van der Waals surface area contributed by atoms with Crippen LogP contribution >= 0.6 is 0 Å². The SMILES string of the molecule is O=C1C=C(NC(=O)c2ccc(C(F)(F)F)cc2OCc2cc(F)ccc2O)C=CC1. The lowest BCUT2D eigenvalue weighted by atomic mass is 10.1. The minimum atomic E-state index is -4.69. The zero-order valence-electron chi connectivity index (χ0n) is 15.3. The number of hydrogen-bond donors (Lipinski definition) is 2. The van der Waals surface area contributed by atoms with E-state index < -0.39 is 35.8 Å². The molecule has 2 aromatic carbocycles. The fourth-order valence-corrected chi connectivity index (χ4v) is 2.69. The molecule has 3 rings (SSSR count). The van der Waals surface area contributed by atoms with Crippen LogP contribution in [0.3, 0.4) is 0 Å². The normalized spacial score (nSPS) is 13.7. The molecule has 5 nitrogen and oxygen atoms in total. The number of aromatic hydroxyl groups is 1. The van der Waals surface area contributed by atoms with Gasteiger partial charge in [-0.1, -0.05) is 6.08 Å². The summed E-state index contributed by atoms with van der Waals surface area (Å²) >= 11 is 0. The van der Waals surface area contributed by atoms with Gasteiger partial charge in [0.05, 0.1) is 11.1 Å². The van der Waals surface area contributed by atoms with Crippen LogP contribution in [0.15, 0.2) is 60.3 Å². The second-order valence-corrected chi connectivity index (χ2v) is 6.40. The molecule has 0 aliphatic heterocycles. The molecule has 2 aromatic rings. The highest BCUT2D eigenvalue weighted by molar-refractivity contribution is 6.00. The Morgan fingerprint density at radius 3 is 2.63 bits per heavy atom. The predicted molar refractivity (Wildman–Crippen MR) is 98.2 cm³/mol. The molecule has 30 heavy (non-hydrogen) atoms. The van der Waals surface area contributed by atoms with E-state index in [0.29, 0.717) is 6.07 Å². The highest BCUT2D eigenvalue weighted by Crippen LogP contribution is 2.34. The van der Waals surface area contributed by atoms with E-state index in [1.165, 1.54) is 18.2 Å². The first kappa shape index (κ1) is 21.1. The Bertz CT molecular complexity index is 1060. The molecular formula is C21H15F4NO4. The first-order chi connectivity index (χ1) is 14.1. The standard InChI is InChI=1S/C21H15F4NO4/c22-14-5-7-18(28)12(8-14)11-30-19-9-13(21(23,24)25)4-6-17(19)20(29)26-15-2-1-3-16(27)10-15/h1-2,4-10,28H,3,11H2,(H,26,29). The Morgan fingerprint density at radius 1 is 1.17 bits per heavy atom. The molecule has 0 radical (unpaired) electrons. The van der Waals surface area contributed by atoms with E-state index in [2.05, 4.69) is 5.32 Å². The number of carbonyl (C=O) groups excluding carboxylic acids is 2. The Balaban J connectivity index is 1.90. The second-order valence-electron chi connectivity index (χ2n) is 6.40. The molecule has 1 aliphatic rings. The molecule has 9 heteroatoms. The van der Waals surface area contributed by atoms with Crippen molar-refractivity contribution in [1.82, 2.24) is 5.32 Å². The third-order valence-electron chi connectivity index (χ3n) is 4.17. The third-order valence-corrected chi connectivity index (χ3v) is 4.17. The van der Waals surface area contributed by atoms with Gasteiger partial charge in [-0.25, -0.2) is 4.39 Å². The number of nitrogens with one attached hydrogen (secondary N) is 1. The number of phenolic OH excluding ortho intramolecular Hbond substituents is 1. The average molecular weight is 421 g/mol. The fourth-order valence-electron chi connectivity index (χ4n) is 2.69. The Morgan fingerprint density at radius 2 is 1.93 bits per heavy atom. The lowest BCUT2D eigenvalue weighted by Crippen LogP contribution is -2.24. The zero-order valence-corrected chi connectivity index (χ0v) is 15.3. The van der Waals surface area contributed by atoms with Crippen LogP contribution in [0.4, 0.5) is 17.6 Å². The van der Waals surface area contributed by atoms with Gasteiger partial charge in [0.2, 0.25) is 0 Å². The minimum absolute atomic E-state index is 0.0118. The number of ketones is 1. The van der Waals surface area contributed by atoms with Gasteiger partial charge in [-0.05, 0) is 42.5 Å². The number of allylic oxidation sites excluding steroid dienone is 3. The van der Waals surface area contributed by atoms with Crippen LogP contribution in [0.2, 0.25) is 0 Å². The van der Waals surface area contributed by atoms with Gasteiger partial charge in [-0.15, -0.1) is 0 Å². The van der Waals surface area contributed by atoms with Crippen LogP contribution in [-0.4, -0.2) is 16.8 Å². The van der Waals surface area contributed by atoms with E-state index in [-0.39, 0.29) is 34.8 Å². The van der Waals surface area contributed by atoms with E-state index in [1.807, 2.05) is 0 Å². The number of halogens is 4. The molecule has 0 heterocycles. The molecule has 0 fully saturated rings. The summed E-state index contributed by atoms with van der Waals surface area (Å²) in [5, 5.41) is 12.2. The third kappa shape index (κ3) is 5.05. The van der Waals surface area contributed by atoms with Gasteiger partial charge in [0.1, 0.15) is 23.9 Å². The zero-order chi connectivity index (χ0) is 21.9. The van der Waals surface area contributed by atoms with E-state index in [1.54, 1.807) is 0 Å². The molecule has 1 amide bonds. The highest BCUT2D eigenvalue weighted by Gasteiger charge is 2.32. The maximum absolute atomic E-state index is 13.4. The molecule has 156 valence electrons. The number of rotatable bonds is 5. The molecule has 0 atom stereocenters. The number of amides is 1. The monoisotopic (exact) mass is 421 g/mol.